The van der Waals surface area contributed by atoms with E-state index in [4.69, 9.17) is 4.74 Å². The lowest BCUT2D eigenvalue weighted by Crippen LogP contribution is -2.37. The van der Waals surface area contributed by atoms with Crippen molar-refractivity contribution in [2.75, 3.05) is 33.4 Å². The Balaban J connectivity index is 1.62. The standard InChI is InChI=1S/C17H19F3N2O4/c1-25-6-5-22-15(23)13-9-21(10-14(13)16(22)24)8-11-3-2-4-12(7-11)26-17(18,19)20/h2-4,7,13-14H,5-6,8-10H2,1H3. The summed E-state index contributed by atoms with van der Waals surface area (Å²) in [5.74, 6) is -1.47. The monoisotopic (exact) mass is 372 g/mol. The SMILES string of the molecule is COCCN1C(=O)C2CN(Cc3cccc(OC(F)(F)F)c3)CC2C1=O. The maximum Gasteiger partial charge on any atom is 0.573 e. The van der Waals surface area contributed by atoms with Gasteiger partial charge in [0.25, 0.3) is 0 Å². The lowest BCUT2D eigenvalue weighted by Gasteiger charge is -2.20. The van der Waals surface area contributed by atoms with Crippen LogP contribution in [0.2, 0.25) is 0 Å². The Labute approximate surface area is 148 Å². The first kappa shape index (κ1) is 18.7. The first-order valence-corrected chi connectivity index (χ1v) is 8.19. The fourth-order valence-corrected chi connectivity index (χ4v) is 3.53. The molecule has 0 aliphatic carbocycles. The predicted octanol–water partition coefficient (Wildman–Crippen LogP) is 1.65. The molecule has 0 bridgehead atoms. The minimum Gasteiger partial charge on any atom is -0.406 e. The molecule has 142 valence electrons. The van der Waals surface area contributed by atoms with Crippen LogP contribution in [0.4, 0.5) is 13.2 Å². The predicted molar refractivity (Wildman–Crippen MR) is 84.0 cm³/mol. The lowest BCUT2D eigenvalue weighted by atomic mass is 10.00. The van der Waals surface area contributed by atoms with Gasteiger partial charge in [0.05, 0.1) is 25.0 Å². The largest absolute Gasteiger partial charge is 0.573 e. The Hall–Kier alpha value is -2.13. The summed E-state index contributed by atoms with van der Waals surface area (Å²) in [6.45, 7) is 1.71. The molecule has 2 saturated heterocycles. The van der Waals surface area contributed by atoms with E-state index in [0.29, 0.717) is 31.8 Å². The third-order valence-corrected chi connectivity index (χ3v) is 4.62. The molecule has 2 amide bonds. The van der Waals surface area contributed by atoms with Gasteiger partial charge in [-0.2, -0.15) is 0 Å². The Bertz CT molecular complexity index is 671. The maximum atomic E-state index is 12.4. The highest BCUT2D eigenvalue weighted by Gasteiger charge is 2.51. The van der Waals surface area contributed by atoms with Crippen LogP contribution in [-0.2, 0) is 20.9 Å². The van der Waals surface area contributed by atoms with E-state index in [9.17, 15) is 22.8 Å². The summed E-state index contributed by atoms with van der Waals surface area (Å²) < 4.78 is 45.8. The van der Waals surface area contributed by atoms with Crippen LogP contribution >= 0.6 is 0 Å². The van der Waals surface area contributed by atoms with Crippen LogP contribution in [0.25, 0.3) is 0 Å². The second-order valence-corrected chi connectivity index (χ2v) is 6.42. The van der Waals surface area contributed by atoms with Gasteiger partial charge in [0.2, 0.25) is 11.8 Å². The molecule has 0 aromatic heterocycles. The summed E-state index contributed by atoms with van der Waals surface area (Å²) in [5.41, 5.74) is 0.628. The van der Waals surface area contributed by atoms with Crippen molar-refractivity contribution in [2.45, 2.75) is 12.9 Å². The molecule has 2 unspecified atom stereocenters. The Morgan fingerprint density at radius 3 is 2.38 bits per heavy atom. The molecule has 9 heteroatoms. The first-order valence-electron chi connectivity index (χ1n) is 8.19. The van der Waals surface area contributed by atoms with Crippen LogP contribution in [0.3, 0.4) is 0 Å². The summed E-state index contributed by atoms with van der Waals surface area (Å²) in [5, 5.41) is 0. The van der Waals surface area contributed by atoms with Crippen LogP contribution in [0, 0.1) is 11.8 Å². The number of carbonyl (C=O) groups excluding carboxylic acids is 2. The highest BCUT2D eigenvalue weighted by molar-refractivity contribution is 6.05. The molecule has 2 fully saturated rings. The number of methoxy groups -OCH3 is 1. The molecule has 2 aliphatic rings. The molecule has 0 N–H and O–H groups in total. The third kappa shape index (κ3) is 3.99. The molecule has 2 atom stereocenters. The van der Waals surface area contributed by atoms with E-state index in [2.05, 4.69) is 4.74 Å². The van der Waals surface area contributed by atoms with Gasteiger partial charge in [-0.15, -0.1) is 13.2 Å². The molecule has 1 aromatic carbocycles. The van der Waals surface area contributed by atoms with Crippen LogP contribution in [0.5, 0.6) is 5.75 Å². The third-order valence-electron chi connectivity index (χ3n) is 4.62. The van der Waals surface area contributed by atoms with E-state index in [-0.39, 0.29) is 24.1 Å². The molecule has 3 rings (SSSR count). The topological polar surface area (TPSA) is 59.1 Å². The minimum atomic E-state index is -4.74. The second kappa shape index (κ2) is 7.24. The van der Waals surface area contributed by atoms with E-state index in [1.165, 1.54) is 30.2 Å². The van der Waals surface area contributed by atoms with Crippen LogP contribution in [0.15, 0.2) is 24.3 Å². The quantitative estimate of drug-likeness (QED) is 0.711. The minimum absolute atomic E-state index is 0.200. The van der Waals surface area contributed by atoms with E-state index < -0.39 is 18.2 Å². The first-order chi connectivity index (χ1) is 12.3. The lowest BCUT2D eigenvalue weighted by molar-refractivity contribution is -0.274. The van der Waals surface area contributed by atoms with E-state index >= 15 is 0 Å². The number of alkyl halides is 3. The highest BCUT2D eigenvalue weighted by Crippen LogP contribution is 2.34. The summed E-state index contributed by atoms with van der Waals surface area (Å²) in [4.78, 5) is 27.9. The van der Waals surface area contributed by atoms with Gasteiger partial charge in [0.15, 0.2) is 0 Å². The molecule has 26 heavy (non-hydrogen) atoms. The molecule has 6 nitrogen and oxygen atoms in total. The van der Waals surface area contributed by atoms with Crippen LogP contribution < -0.4 is 4.74 Å². The number of amides is 2. The van der Waals surface area contributed by atoms with Crippen molar-refractivity contribution in [1.82, 2.24) is 9.80 Å². The summed E-state index contributed by atoms with van der Waals surface area (Å²) in [6.07, 6.45) is -4.74. The Kier molecular flexibility index (Phi) is 5.19. The fraction of sp³-hybridized carbons (Fsp3) is 0.529. The number of hydrogen-bond acceptors (Lipinski definition) is 5. The zero-order chi connectivity index (χ0) is 18.9. The summed E-state index contributed by atoms with van der Waals surface area (Å²) in [7, 11) is 1.50. The average Bonchev–Trinajstić information content (AvgIpc) is 3.05. The molecular weight excluding hydrogens is 353 g/mol. The molecule has 2 aliphatic heterocycles. The smallest absolute Gasteiger partial charge is 0.406 e. The van der Waals surface area contributed by atoms with E-state index in [1.807, 2.05) is 4.90 Å². The Morgan fingerprint density at radius 1 is 1.15 bits per heavy atom. The number of rotatable bonds is 6. The number of nitrogens with zero attached hydrogens (tertiary/aromatic N) is 2. The summed E-state index contributed by atoms with van der Waals surface area (Å²) in [6, 6.07) is 5.72. The van der Waals surface area contributed by atoms with Crippen LogP contribution in [0.1, 0.15) is 5.56 Å². The van der Waals surface area contributed by atoms with Gasteiger partial charge in [-0.25, -0.2) is 0 Å². The van der Waals surface area contributed by atoms with Crippen molar-refractivity contribution in [3.63, 3.8) is 0 Å². The number of fused-ring (bicyclic) bond motifs is 1. The van der Waals surface area contributed by atoms with Crippen molar-refractivity contribution in [3.8, 4) is 5.75 Å². The maximum absolute atomic E-state index is 12.4. The zero-order valence-electron chi connectivity index (χ0n) is 14.2. The van der Waals surface area contributed by atoms with Gasteiger partial charge < -0.3 is 9.47 Å². The Morgan fingerprint density at radius 2 is 1.81 bits per heavy atom. The second-order valence-electron chi connectivity index (χ2n) is 6.42. The fourth-order valence-electron chi connectivity index (χ4n) is 3.53. The highest BCUT2D eigenvalue weighted by atomic mass is 19.4. The van der Waals surface area contributed by atoms with Crippen molar-refractivity contribution >= 4 is 11.8 Å². The molecule has 2 heterocycles. The van der Waals surface area contributed by atoms with Gasteiger partial charge in [0.1, 0.15) is 5.75 Å². The molecule has 0 spiro atoms. The number of likely N-dealkylation sites (tertiary alicyclic amines) is 2. The number of hydrogen-bond donors (Lipinski definition) is 0. The molecule has 1 aromatic rings. The van der Waals surface area contributed by atoms with Gasteiger partial charge in [-0.05, 0) is 17.7 Å². The normalized spacial score (nSPS) is 23.6. The van der Waals surface area contributed by atoms with Gasteiger partial charge in [-0.3, -0.25) is 19.4 Å². The number of halogens is 3. The van der Waals surface area contributed by atoms with Crippen molar-refractivity contribution in [2.24, 2.45) is 11.8 Å². The van der Waals surface area contributed by atoms with Gasteiger partial charge in [0, 0.05) is 26.7 Å². The van der Waals surface area contributed by atoms with Gasteiger partial charge >= 0.3 is 6.36 Å². The zero-order valence-corrected chi connectivity index (χ0v) is 14.2. The molecular formula is C17H19F3N2O4. The van der Waals surface area contributed by atoms with E-state index in [1.54, 1.807) is 6.07 Å². The van der Waals surface area contributed by atoms with Gasteiger partial charge in [-0.1, -0.05) is 12.1 Å². The number of imide groups is 1. The summed E-state index contributed by atoms with van der Waals surface area (Å²) >= 11 is 0. The van der Waals surface area contributed by atoms with E-state index in [0.717, 1.165) is 0 Å². The van der Waals surface area contributed by atoms with Crippen molar-refractivity contribution < 1.29 is 32.2 Å². The molecule has 0 radical (unpaired) electrons. The average molecular weight is 372 g/mol. The van der Waals surface area contributed by atoms with Crippen molar-refractivity contribution in [1.29, 1.82) is 0 Å². The van der Waals surface area contributed by atoms with Crippen molar-refractivity contribution in [3.05, 3.63) is 29.8 Å². The molecule has 0 saturated carbocycles. The number of carbonyl (C=O) groups is 2. The van der Waals surface area contributed by atoms with Crippen LogP contribution in [-0.4, -0.2) is 61.3 Å². The number of ether oxygens (including phenoxy) is 2. The number of benzene rings is 1.